The normalized spacial score (nSPS) is 26.2. The van der Waals surface area contributed by atoms with Crippen LogP contribution in [0.5, 0.6) is 0 Å². The van der Waals surface area contributed by atoms with Gasteiger partial charge in [-0.15, -0.1) is 0 Å². The number of rotatable bonds is 7. The van der Waals surface area contributed by atoms with E-state index in [-0.39, 0.29) is 0 Å². The van der Waals surface area contributed by atoms with Crippen LogP contribution >= 0.6 is 0 Å². The van der Waals surface area contributed by atoms with Gasteiger partial charge in [0.15, 0.2) is 0 Å². The van der Waals surface area contributed by atoms with E-state index in [2.05, 4.69) is 56.5 Å². The third kappa shape index (κ3) is 5.12. The molecule has 1 fully saturated rings. The zero-order valence-electron chi connectivity index (χ0n) is 13.8. The number of benzene rings is 1. The fraction of sp³-hybridized carbons (Fsp3) is 0.684. The number of ether oxygens (including phenoxy) is 1. The molecule has 0 aromatic heterocycles. The van der Waals surface area contributed by atoms with Crippen molar-refractivity contribution in [2.45, 2.75) is 64.0 Å². The van der Waals surface area contributed by atoms with Crippen LogP contribution in [-0.2, 0) is 4.74 Å². The molecule has 0 spiro atoms. The van der Waals surface area contributed by atoms with Gasteiger partial charge in [0.05, 0.1) is 6.10 Å². The van der Waals surface area contributed by atoms with Crippen molar-refractivity contribution in [3.05, 3.63) is 35.9 Å². The first kappa shape index (κ1) is 16.5. The van der Waals surface area contributed by atoms with Crippen molar-refractivity contribution in [2.24, 2.45) is 5.92 Å². The average Bonchev–Trinajstić information content (AvgIpc) is 2.52. The molecule has 1 saturated carbocycles. The van der Waals surface area contributed by atoms with Crippen molar-refractivity contribution in [3.63, 3.8) is 0 Å². The maximum Gasteiger partial charge on any atom is 0.0733 e. The highest BCUT2D eigenvalue weighted by atomic mass is 16.5. The Hall–Kier alpha value is -0.860. The third-order valence-corrected chi connectivity index (χ3v) is 4.69. The van der Waals surface area contributed by atoms with Crippen LogP contribution < -0.4 is 5.32 Å². The Kier molecular flexibility index (Phi) is 6.72. The molecule has 2 rings (SSSR count). The van der Waals surface area contributed by atoms with Gasteiger partial charge in [-0.3, -0.25) is 0 Å². The Morgan fingerprint density at radius 2 is 1.95 bits per heavy atom. The van der Waals surface area contributed by atoms with Crippen molar-refractivity contribution in [2.75, 3.05) is 13.7 Å². The predicted octanol–water partition coefficient (Wildman–Crippen LogP) is 4.36. The summed E-state index contributed by atoms with van der Waals surface area (Å²) < 4.78 is 6.23. The van der Waals surface area contributed by atoms with Crippen LogP contribution in [0.3, 0.4) is 0 Å². The lowest BCUT2D eigenvalue weighted by Crippen LogP contribution is -2.43. The monoisotopic (exact) mass is 289 g/mol. The van der Waals surface area contributed by atoms with Crippen LogP contribution in [-0.4, -0.2) is 25.8 Å². The van der Waals surface area contributed by atoms with Crippen molar-refractivity contribution in [1.82, 2.24) is 5.32 Å². The van der Waals surface area contributed by atoms with Crippen LogP contribution in [0.25, 0.3) is 0 Å². The lowest BCUT2D eigenvalue weighted by molar-refractivity contribution is -0.000947. The van der Waals surface area contributed by atoms with Crippen LogP contribution in [0.15, 0.2) is 30.3 Å². The molecular weight excluding hydrogens is 258 g/mol. The molecule has 0 aliphatic heterocycles. The molecule has 1 aliphatic rings. The number of hydrogen-bond donors (Lipinski definition) is 1. The first-order valence-electron chi connectivity index (χ1n) is 8.54. The fourth-order valence-electron chi connectivity index (χ4n) is 3.40. The lowest BCUT2D eigenvalue weighted by Gasteiger charge is -2.36. The molecule has 1 aliphatic carbocycles. The summed E-state index contributed by atoms with van der Waals surface area (Å²) >= 11 is 0. The van der Waals surface area contributed by atoms with Gasteiger partial charge >= 0.3 is 0 Å². The molecule has 0 amide bonds. The highest BCUT2D eigenvalue weighted by molar-refractivity contribution is 5.20. The van der Waals surface area contributed by atoms with Gasteiger partial charge in [0.2, 0.25) is 0 Å². The topological polar surface area (TPSA) is 21.3 Å². The number of hydrogen-bond acceptors (Lipinski definition) is 2. The molecule has 3 atom stereocenters. The highest BCUT2D eigenvalue weighted by Gasteiger charge is 2.30. The minimum Gasteiger partial charge on any atom is -0.377 e. The molecule has 1 aromatic rings. The van der Waals surface area contributed by atoms with E-state index in [1.807, 2.05) is 0 Å². The number of likely N-dealkylation sites (N-methyl/N-ethyl adjacent to an activating group) is 1. The van der Waals surface area contributed by atoms with Gasteiger partial charge in [-0.05, 0) is 56.6 Å². The van der Waals surface area contributed by atoms with Gasteiger partial charge in [0, 0.05) is 12.6 Å². The summed E-state index contributed by atoms with van der Waals surface area (Å²) in [7, 11) is 2.07. The Morgan fingerprint density at radius 3 is 2.62 bits per heavy atom. The van der Waals surface area contributed by atoms with E-state index >= 15 is 0 Å². The molecule has 1 N–H and O–H groups in total. The highest BCUT2D eigenvalue weighted by Crippen LogP contribution is 2.34. The van der Waals surface area contributed by atoms with Gasteiger partial charge in [-0.25, -0.2) is 0 Å². The first-order chi connectivity index (χ1) is 10.2. The molecular formula is C19H31NO. The Labute approximate surface area is 130 Å². The van der Waals surface area contributed by atoms with Gasteiger partial charge in [0.1, 0.15) is 0 Å². The maximum absolute atomic E-state index is 6.23. The van der Waals surface area contributed by atoms with Crippen LogP contribution in [0.1, 0.15) is 57.4 Å². The largest absolute Gasteiger partial charge is 0.377 e. The van der Waals surface area contributed by atoms with E-state index in [9.17, 15) is 0 Å². The fourth-order valence-corrected chi connectivity index (χ4v) is 3.40. The zero-order chi connectivity index (χ0) is 15.1. The van der Waals surface area contributed by atoms with E-state index < -0.39 is 0 Å². The van der Waals surface area contributed by atoms with Gasteiger partial charge < -0.3 is 10.1 Å². The summed E-state index contributed by atoms with van der Waals surface area (Å²) in [5, 5.41) is 3.45. The summed E-state index contributed by atoms with van der Waals surface area (Å²) in [6.45, 7) is 5.47. The SMILES string of the molecule is CNC1CCC(c2ccccc2)CC1OCCCC(C)C. The van der Waals surface area contributed by atoms with Crippen LogP contribution in [0, 0.1) is 5.92 Å². The second-order valence-corrected chi connectivity index (χ2v) is 6.76. The van der Waals surface area contributed by atoms with E-state index in [0.717, 1.165) is 18.9 Å². The molecule has 0 heterocycles. The van der Waals surface area contributed by atoms with Crippen LogP contribution in [0.4, 0.5) is 0 Å². The van der Waals surface area contributed by atoms with Crippen molar-refractivity contribution < 1.29 is 4.74 Å². The minimum absolute atomic E-state index is 0.362. The second kappa shape index (κ2) is 8.55. The quantitative estimate of drug-likeness (QED) is 0.753. The maximum atomic E-state index is 6.23. The van der Waals surface area contributed by atoms with E-state index in [1.165, 1.54) is 31.2 Å². The minimum atomic E-state index is 0.362. The van der Waals surface area contributed by atoms with Crippen molar-refractivity contribution in [1.29, 1.82) is 0 Å². The lowest BCUT2D eigenvalue weighted by atomic mass is 9.80. The molecule has 3 unspecified atom stereocenters. The third-order valence-electron chi connectivity index (χ3n) is 4.69. The first-order valence-corrected chi connectivity index (χ1v) is 8.54. The van der Waals surface area contributed by atoms with Gasteiger partial charge in [0.25, 0.3) is 0 Å². The molecule has 0 saturated heterocycles. The average molecular weight is 289 g/mol. The molecule has 0 bridgehead atoms. The summed E-state index contributed by atoms with van der Waals surface area (Å²) in [4.78, 5) is 0. The molecule has 21 heavy (non-hydrogen) atoms. The second-order valence-electron chi connectivity index (χ2n) is 6.76. The van der Waals surface area contributed by atoms with E-state index in [4.69, 9.17) is 4.74 Å². The van der Waals surface area contributed by atoms with Gasteiger partial charge in [-0.1, -0.05) is 44.2 Å². The Balaban J connectivity index is 1.87. The molecule has 1 aromatic carbocycles. The molecule has 0 radical (unpaired) electrons. The van der Waals surface area contributed by atoms with E-state index in [1.54, 1.807) is 0 Å². The predicted molar refractivity (Wildman–Crippen MR) is 89.7 cm³/mol. The van der Waals surface area contributed by atoms with Crippen molar-refractivity contribution in [3.8, 4) is 0 Å². The van der Waals surface area contributed by atoms with Crippen molar-refractivity contribution >= 4 is 0 Å². The summed E-state index contributed by atoms with van der Waals surface area (Å²) in [6, 6.07) is 11.4. The van der Waals surface area contributed by atoms with Gasteiger partial charge in [-0.2, -0.15) is 0 Å². The Bertz CT molecular complexity index is 390. The zero-order valence-corrected chi connectivity index (χ0v) is 13.8. The standard InChI is InChI=1S/C19H31NO/c1-15(2)8-7-13-21-19-14-17(11-12-18(19)20-3)16-9-5-4-6-10-16/h4-6,9-10,15,17-20H,7-8,11-14H2,1-3H3. The van der Waals surface area contributed by atoms with E-state index in [0.29, 0.717) is 18.1 Å². The molecule has 2 heteroatoms. The molecule has 118 valence electrons. The summed E-state index contributed by atoms with van der Waals surface area (Å²) in [5.41, 5.74) is 1.47. The number of nitrogens with one attached hydrogen (secondary N) is 1. The molecule has 2 nitrogen and oxygen atoms in total. The summed E-state index contributed by atoms with van der Waals surface area (Å²) in [6.07, 6.45) is 6.43. The summed E-state index contributed by atoms with van der Waals surface area (Å²) in [5.74, 6) is 1.43. The van der Waals surface area contributed by atoms with Crippen LogP contribution in [0.2, 0.25) is 0 Å². The smallest absolute Gasteiger partial charge is 0.0733 e. The Morgan fingerprint density at radius 1 is 1.19 bits per heavy atom.